The Hall–Kier alpha value is -2.82. The summed E-state index contributed by atoms with van der Waals surface area (Å²) in [5.41, 5.74) is 3.70. The molecule has 0 unspecified atom stereocenters. The normalized spacial score (nSPS) is 11.7. The average molecular weight is 532 g/mol. The maximum atomic E-state index is 13.8. The number of aromatic nitrogens is 3. The molecule has 0 aliphatic carbocycles. The van der Waals surface area contributed by atoms with Crippen LogP contribution in [0.3, 0.4) is 0 Å². The van der Waals surface area contributed by atoms with Gasteiger partial charge in [-0.2, -0.15) is 9.61 Å². The molecule has 10 heteroatoms. The first-order valence-electron chi connectivity index (χ1n) is 10.5. The molecule has 172 valence electrons. The summed E-state index contributed by atoms with van der Waals surface area (Å²) >= 11 is 3.51. The van der Waals surface area contributed by atoms with E-state index in [4.69, 9.17) is 4.98 Å². The summed E-state index contributed by atoms with van der Waals surface area (Å²) in [6.45, 7) is 2.86. The van der Waals surface area contributed by atoms with Crippen LogP contribution in [-0.2, 0) is 10.0 Å². The molecular weight excluding hydrogens is 509 g/mol. The predicted octanol–water partition coefficient (Wildman–Crippen LogP) is 4.78. The van der Waals surface area contributed by atoms with Crippen molar-refractivity contribution in [1.29, 1.82) is 0 Å². The SMILES string of the molecule is Cc1ccccc1-c1cc(NCCCCNS(=O)(=O)c2ccccc2F)n2ncc(Br)c2n1. The molecular formula is C23H23BrFN5O2S. The zero-order valence-electron chi connectivity index (χ0n) is 17.9. The predicted molar refractivity (Wildman–Crippen MR) is 130 cm³/mol. The van der Waals surface area contributed by atoms with E-state index < -0.39 is 15.8 Å². The summed E-state index contributed by atoms with van der Waals surface area (Å²) in [6, 6.07) is 15.3. The zero-order valence-corrected chi connectivity index (χ0v) is 20.3. The molecule has 33 heavy (non-hydrogen) atoms. The molecule has 4 aromatic rings. The average Bonchev–Trinajstić information content (AvgIpc) is 3.17. The van der Waals surface area contributed by atoms with Gasteiger partial charge in [-0.1, -0.05) is 36.4 Å². The first-order chi connectivity index (χ1) is 15.9. The van der Waals surface area contributed by atoms with E-state index in [-0.39, 0.29) is 11.4 Å². The number of nitrogens with zero attached hydrogens (tertiary/aromatic N) is 3. The molecule has 2 N–H and O–H groups in total. The third-order valence-corrected chi connectivity index (χ3v) is 7.23. The molecule has 7 nitrogen and oxygen atoms in total. The first-order valence-corrected chi connectivity index (χ1v) is 12.7. The molecule has 0 saturated heterocycles. The Morgan fingerprint density at radius 3 is 2.58 bits per heavy atom. The molecule has 0 spiro atoms. The molecule has 0 amide bonds. The summed E-state index contributed by atoms with van der Waals surface area (Å²) in [6.07, 6.45) is 2.99. The van der Waals surface area contributed by atoms with E-state index >= 15 is 0 Å². The standard InChI is InChI=1S/C23H23BrFN5O2S/c1-16-8-2-3-9-17(16)20-14-22(30-23(29-20)18(24)15-27-30)26-12-6-7-13-28-33(31,32)21-11-5-4-10-19(21)25/h2-5,8-11,14-15,26,28H,6-7,12-13H2,1H3. The fraction of sp³-hybridized carbons (Fsp3) is 0.217. The van der Waals surface area contributed by atoms with Crippen LogP contribution in [-0.4, -0.2) is 36.1 Å². The molecule has 2 aromatic carbocycles. The van der Waals surface area contributed by atoms with Crippen molar-refractivity contribution in [2.24, 2.45) is 0 Å². The summed E-state index contributed by atoms with van der Waals surface area (Å²) in [4.78, 5) is 4.42. The second-order valence-corrected chi connectivity index (χ2v) is 10.1. The highest BCUT2D eigenvalue weighted by Gasteiger charge is 2.17. The molecule has 0 aliphatic rings. The van der Waals surface area contributed by atoms with Gasteiger partial charge in [-0.15, -0.1) is 0 Å². The highest BCUT2D eigenvalue weighted by molar-refractivity contribution is 9.10. The van der Waals surface area contributed by atoms with Gasteiger partial charge in [0, 0.05) is 24.7 Å². The monoisotopic (exact) mass is 531 g/mol. The molecule has 0 radical (unpaired) electrons. The second kappa shape index (κ2) is 9.98. The topological polar surface area (TPSA) is 88.4 Å². The number of sulfonamides is 1. The van der Waals surface area contributed by atoms with Gasteiger partial charge in [0.2, 0.25) is 10.0 Å². The maximum Gasteiger partial charge on any atom is 0.243 e. The van der Waals surface area contributed by atoms with Gasteiger partial charge < -0.3 is 5.32 Å². The van der Waals surface area contributed by atoms with E-state index in [1.807, 2.05) is 37.3 Å². The maximum absolute atomic E-state index is 13.8. The number of hydrogen-bond acceptors (Lipinski definition) is 5. The lowest BCUT2D eigenvalue weighted by Crippen LogP contribution is -2.26. The molecule has 0 bridgehead atoms. The van der Waals surface area contributed by atoms with Gasteiger partial charge in [0.1, 0.15) is 16.5 Å². The van der Waals surface area contributed by atoms with Crippen molar-refractivity contribution in [1.82, 2.24) is 19.3 Å². The van der Waals surface area contributed by atoms with Crippen LogP contribution in [0.4, 0.5) is 10.2 Å². The minimum atomic E-state index is -3.87. The lowest BCUT2D eigenvalue weighted by atomic mass is 10.1. The minimum Gasteiger partial charge on any atom is -0.370 e. The highest BCUT2D eigenvalue weighted by atomic mass is 79.9. The van der Waals surface area contributed by atoms with Crippen molar-refractivity contribution in [3.05, 3.63) is 76.6 Å². The smallest absolute Gasteiger partial charge is 0.243 e. The van der Waals surface area contributed by atoms with Gasteiger partial charge in [0.25, 0.3) is 0 Å². The number of hydrogen-bond donors (Lipinski definition) is 2. The zero-order chi connectivity index (χ0) is 23.4. The number of anilines is 1. The van der Waals surface area contributed by atoms with Crippen molar-refractivity contribution in [2.75, 3.05) is 18.4 Å². The molecule has 0 atom stereocenters. The van der Waals surface area contributed by atoms with Crippen LogP contribution in [0.2, 0.25) is 0 Å². The van der Waals surface area contributed by atoms with Crippen LogP contribution in [0.5, 0.6) is 0 Å². The van der Waals surface area contributed by atoms with Gasteiger partial charge >= 0.3 is 0 Å². The van der Waals surface area contributed by atoms with Crippen LogP contribution in [0, 0.1) is 12.7 Å². The van der Waals surface area contributed by atoms with Crippen LogP contribution < -0.4 is 10.0 Å². The Balaban J connectivity index is 1.40. The summed E-state index contributed by atoms with van der Waals surface area (Å²) in [7, 11) is -3.87. The van der Waals surface area contributed by atoms with Gasteiger partial charge in [0.15, 0.2) is 5.65 Å². The Labute approximate surface area is 200 Å². The number of halogens is 2. The molecule has 2 heterocycles. The number of unbranched alkanes of at least 4 members (excludes halogenated alkanes) is 1. The van der Waals surface area contributed by atoms with E-state index in [9.17, 15) is 12.8 Å². The largest absolute Gasteiger partial charge is 0.370 e. The highest BCUT2D eigenvalue weighted by Crippen LogP contribution is 2.27. The molecule has 0 fully saturated rings. The van der Waals surface area contributed by atoms with Crippen LogP contribution in [0.15, 0.2) is 70.2 Å². The lowest BCUT2D eigenvalue weighted by Gasteiger charge is -2.12. The number of rotatable bonds is 9. The summed E-state index contributed by atoms with van der Waals surface area (Å²) in [5.74, 6) is 0.0269. The van der Waals surface area contributed by atoms with Gasteiger partial charge in [-0.3, -0.25) is 0 Å². The van der Waals surface area contributed by atoms with Crippen LogP contribution in [0.1, 0.15) is 18.4 Å². The fourth-order valence-corrected chi connectivity index (χ4v) is 4.97. The lowest BCUT2D eigenvalue weighted by molar-refractivity contribution is 0.554. The van der Waals surface area contributed by atoms with E-state index in [1.165, 1.54) is 18.2 Å². The number of fused-ring (bicyclic) bond motifs is 1. The Morgan fingerprint density at radius 2 is 1.79 bits per heavy atom. The number of aryl methyl sites for hydroxylation is 1. The van der Waals surface area contributed by atoms with Crippen molar-refractivity contribution < 1.29 is 12.8 Å². The summed E-state index contributed by atoms with van der Waals surface area (Å²) < 4.78 is 43.3. The molecule has 4 rings (SSSR count). The van der Waals surface area contributed by atoms with E-state index in [0.29, 0.717) is 25.0 Å². The summed E-state index contributed by atoms with van der Waals surface area (Å²) in [5, 5.41) is 7.75. The van der Waals surface area contributed by atoms with E-state index in [2.05, 4.69) is 31.1 Å². The van der Waals surface area contributed by atoms with E-state index in [1.54, 1.807) is 10.7 Å². The van der Waals surface area contributed by atoms with Gasteiger partial charge in [-0.25, -0.2) is 22.5 Å². The Morgan fingerprint density at radius 1 is 1.06 bits per heavy atom. The Bertz CT molecular complexity index is 1390. The second-order valence-electron chi connectivity index (χ2n) is 7.53. The van der Waals surface area contributed by atoms with E-state index in [0.717, 1.165) is 33.2 Å². The van der Waals surface area contributed by atoms with Gasteiger partial charge in [-0.05, 0) is 53.4 Å². The quantitative estimate of drug-likeness (QED) is 0.303. The number of nitrogens with one attached hydrogen (secondary N) is 2. The van der Waals surface area contributed by atoms with Crippen molar-refractivity contribution in [3.8, 4) is 11.3 Å². The first kappa shape index (κ1) is 23.3. The Kier molecular flexibility index (Phi) is 7.06. The van der Waals surface area contributed by atoms with Crippen molar-refractivity contribution in [2.45, 2.75) is 24.7 Å². The van der Waals surface area contributed by atoms with Crippen molar-refractivity contribution in [3.63, 3.8) is 0 Å². The molecule has 2 aromatic heterocycles. The third-order valence-electron chi connectivity index (χ3n) is 5.18. The van der Waals surface area contributed by atoms with Gasteiger partial charge in [0.05, 0.1) is 16.4 Å². The van der Waals surface area contributed by atoms with Crippen LogP contribution in [0.25, 0.3) is 16.9 Å². The molecule has 0 aliphatic heterocycles. The minimum absolute atomic E-state index is 0.214. The fourth-order valence-electron chi connectivity index (χ4n) is 3.47. The van der Waals surface area contributed by atoms with Crippen LogP contribution >= 0.6 is 15.9 Å². The third kappa shape index (κ3) is 5.23. The number of benzene rings is 2. The van der Waals surface area contributed by atoms with Crippen molar-refractivity contribution >= 4 is 37.4 Å². The molecule has 0 saturated carbocycles.